The van der Waals surface area contributed by atoms with Crippen molar-refractivity contribution in [2.75, 3.05) is 12.0 Å². The van der Waals surface area contributed by atoms with Crippen LogP contribution in [-0.4, -0.2) is 84.4 Å². The van der Waals surface area contributed by atoms with Crippen LogP contribution in [0.15, 0.2) is 108 Å². The minimum absolute atomic E-state index is 0.0510. The lowest BCUT2D eigenvalue weighted by Crippen LogP contribution is -2.56. The van der Waals surface area contributed by atoms with Crippen LogP contribution in [-0.2, 0) is 43.2 Å². The number of imidazole rings is 2. The fraction of sp³-hybridized carbons (Fsp3) is 0.311. The number of hydrogen-bond acceptors (Lipinski definition) is 9. The molecule has 18 heteroatoms. The van der Waals surface area contributed by atoms with Crippen LogP contribution in [0.3, 0.4) is 0 Å². The quantitative estimate of drug-likeness (QED) is 0.0475. The lowest BCUT2D eigenvalue weighted by Gasteiger charge is -2.23. The van der Waals surface area contributed by atoms with Crippen molar-refractivity contribution >= 4 is 40.4 Å². The van der Waals surface area contributed by atoms with Gasteiger partial charge in [-0.1, -0.05) is 78.9 Å². The van der Waals surface area contributed by atoms with Gasteiger partial charge in [-0.05, 0) is 56.8 Å². The Morgan fingerprint density at radius 1 is 0.778 bits per heavy atom. The molecular formula is C45H54N12O6. The fourth-order valence-electron chi connectivity index (χ4n) is 7.53. The van der Waals surface area contributed by atoms with Crippen LogP contribution in [0.2, 0.25) is 0 Å². The monoisotopic (exact) mass is 858 g/mol. The van der Waals surface area contributed by atoms with Gasteiger partial charge in [0, 0.05) is 59.5 Å². The van der Waals surface area contributed by atoms with Crippen LogP contribution in [0, 0.1) is 6.92 Å². The third-order valence-corrected chi connectivity index (χ3v) is 10.9. The first-order valence-corrected chi connectivity index (χ1v) is 20.8. The van der Waals surface area contributed by atoms with Gasteiger partial charge in [0.05, 0.1) is 18.1 Å². The normalized spacial score (nSPS) is 13.7. The Morgan fingerprint density at radius 3 is 2.14 bits per heavy atom. The second-order valence-electron chi connectivity index (χ2n) is 15.5. The lowest BCUT2D eigenvalue weighted by molar-refractivity contribution is -0.131. The number of nitrogens with zero attached hydrogens (tertiary/aromatic N) is 3. The molecule has 12 N–H and O–H groups in total. The van der Waals surface area contributed by atoms with Crippen LogP contribution in [0.5, 0.6) is 0 Å². The number of aromatic amines is 2. The maximum Gasteiger partial charge on any atom is 0.348 e. The van der Waals surface area contributed by atoms with Gasteiger partial charge < -0.3 is 43.1 Å². The number of nitrogens with two attached hydrogens (primary N) is 3. The Bertz CT molecular complexity index is 2570. The van der Waals surface area contributed by atoms with Crippen molar-refractivity contribution in [2.24, 2.45) is 17.2 Å². The molecule has 0 aliphatic rings. The summed E-state index contributed by atoms with van der Waals surface area (Å²) in [4.78, 5) is 93.1. The molecule has 0 fully saturated rings. The summed E-state index contributed by atoms with van der Waals surface area (Å²) in [6, 6.07) is 19.8. The molecule has 0 spiro atoms. The highest BCUT2D eigenvalue weighted by molar-refractivity contribution is 5.96. The van der Waals surface area contributed by atoms with Crippen LogP contribution >= 0.6 is 0 Å². The van der Waals surface area contributed by atoms with E-state index in [4.69, 9.17) is 17.2 Å². The van der Waals surface area contributed by atoms with Crippen molar-refractivity contribution in [3.8, 4) is 11.3 Å². The summed E-state index contributed by atoms with van der Waals surface area (Å²) in [7, 11) is 0. The van der Waals surface area contributed by atoms with Gasteiger partial charge in [-0.3, -0.25) is 34.0 Å². The van der Waals surface area contributed by atoms with Crippen LogP contribution in [0.1, 0.15) is 54.7 Å². The number of unbranched alkanes of at least 4 members (excludes halogenated alkanes) is 1. The molecule has 0 bridgehead atoms. The maximum atomic E-state index is 14.7. The van der Waals surface area contributed by atoms with Crippen LogP contribution < -0.4 is 44.3 Å². The molecule has 6 aromatic rings. The third kappa shape index (κ3) is 11.2. The van der Waals surface area contributed by atoms with E-state index >= 15 is 0 Å². The van der Waals surface area contributed by atoms with E-state index in [0.29, 0.717) is 36.3 Å². The molecule has 0 aliphatic carbocycles. The van der Waals surface area contributed by atoms with E-state index in [0.717, 1.165) is 26.7 Å². The Morgan fingerprint density at radius 2 is 1.46 bits per heavy atom. The van der Waals surface area contributed by atoms with Crippen molar-refractivity contribution in [1.29, 1.82) is 0 Å². The summed E-state index contributed by atoms with van der Waals surface area (Å²) in [5.41, 5.74) is 23.6. The van der Waals surface area contributed by atoms with Crippen molar-refractivity contribution in [1.82, 2.24) is 40.1 Å². The van der Waals surface area contributed by atoms with E-state index in [1.165, 1.54) is 17.8 Å². The van der Waals surface area contributed by atoms with Gasteiger partial charge in [-0.25, -0.2) is 9.78 Å². The zero-order valence-corrected chi connectivity index (χ0v) is 35.2. The molecule has 5 amide bonds. The zero-order chi connectivity index (χ0) is 45.0. The molecule has 5 atom stereocenters. The van der Waals surface area contributed by atoms with Crippen molar-refractivity contribution in [2.45, 2.75) is 82.6 Å². The highest BCUT2D eigenvalue weighted by Gasteiger charge is 2.33. The first kappa shape index (κ1) is 45.2. The highest BCUT2D eigenvalue weighted by atomic mass is 16.2. The molecule has 0 saturated heterocycles. The lowest BCUT2D eigenvalue weighted by atomic mass is 10.0. The van der Waals surface area contributed by atoms with Crippen molar-refractivity contribution in [3.05, 3.63) is 137 Å². The van der Waals surface area contributed by atoms with E-state index in [1.54, 1.807) is 49.6 Å². The second kappa shape index (κ2) is 21.0. The molecule has 0 radical (unpaired) electrons. The number of H-pyrrole nitrogens is 2. The van der Waals surface area contributed by atoms with Crippen LogP contribution in [0.25, 0.3) is 22.2 Å². The summed E-state index contributed by atoms with van der Waals surface area (Å²) in [5, 5.41) is 9.08. The average Bonchev–Trinajstić information content (AvgIpc) is 4.01. The SMILES string of the molecule is Cc1c(-c2ccccc2)n(NC(=O)[C@H](C)NC(=O)[C@@H](Cc2c[nH]c3ccccc23)NC(=O)[C@@H](N)Cc2cnc[nH]2)c(=O)n1C(Cc1ccccc1)C(=O)N[C@@H](CCCCN)C(N)=O. The number of rotatable bonds is 21. The number of primary amides is 1. The molecule has 18 nitrogen and oxygen atoms in total. The van der Waals surface area contributed by atoms with Gasteiger partial charge in [0.25, 0.3) is 5.91 Å². The summed E-state index contributed by atoms with van der Waals surface area (Å²) in [6.45, 7) is 3.50. The van der Waals surface area contributed by atoms with Gasteiger partial charge in [-0.15, -0.1) is 0 Å². The van der Waals surface area contributed by atoms with Crippen molar-refractivity contribution < 1.29 is 24.0 Å². The van der Waals surface area contributed by atoms with Gasteiger partial charge in [0.2, 0.25) is 23.6 Å². The topological polar surface area (TPSA) is 283 Å². The number of amides is 5. The van der Waals surface area contributed by atoms with Crippen molar-refractivity contribution in [3.63, 3.8) is 0 Å². The molecule has 1 unspecified atom stereocenters. The maximum absolute atomic E-state index is 14.7. The third-order valence-electron chi connectivity index (χ3n) is 10.9. The summed E-state index contributed by atoms with van der Waals surface area (Å²) >= 11 is 0. The van der Waals surface area contributed by atoms with Gasteiger partial charge in [-0.2, -0.15) is 4.68 Å². The van der Waals surface area contributed by atoms with E-state index in [9.17, 15) is 28.8 Å². The predicted octanol–water partition coefficient (Wildman–Crippen LogP) is 1.58. The molecule has 330 valence electrons. The minimum atomic E-state index is -1.24. The summed E-state index contributed by atoms with van der Waals surface area (Å²) in [5.74, 6) is -3.40. The largest absolute Gasteiger partial charge is 0.368 e. The average molecular weight is 859 g/mol. The smallest absolute Gasteiger partial charge is 0.348 e. The first-order chi connectivity index (χ1) is 30.4. The molecule has 3 heterocycles. The van der Waals surface area contributed by atoms with E-state index in [2.05, 4.69) is 36.3 Å². The Kier molecular flexibility index (Phi) is 15.1. The van der Waals surface area contributed by atoms with Crippen LogP contribution in [0.4, 0.5) is 0 Å². The molecule has 3 aromatic heterocycles. The molecule has 63 heavy (non-hydrogen) atoms. The number of carbonyl (C=O) groups excluding carboxylic acids is 5. The molecule has 3 aromatic carbocycles. The number of fused-ring (bicyclic) bond motifs is 1. The Balaban J connectivity index is 1.29. The van der Waals surface area contributed by atoms with E-state index < -0.39 is 65.4 Å². The minimum Gasteiger partial charge on any atom is -0.368 e. The van der Waals surface area contributed by atoms with E-state index in [1.807, 2.05) is 54.6 Å². The number of nitrogens with one attached hydrogen (secondary N) is 6. The first-order valence-electron chi connectivity index (χ1n) is 20.8. The molecule has 0 aliphatic heterocycles. The molecular weight excluding hydrogens is 805 g/mol. The van der Waals surface area contributed by atoms with Gasteiger partial charge in [0.15, 0.2) is 0 Å². The Hall–Kier alpha value is -7.31. The molecule has 6 rings (SSSR count). The standard InChI is InChI=1S/C45H54N12O6/c1-27(52-43(61)37(22-31-24-50-35-18-10-9-17-33(31)35)54-42(60)34(47)23-32-25-49-26-51-32)41(59)55-57-39(30-15-7-4-8-16-30)28(2)56(45(57)63)38(21-29-13-5-3-6-14-29)44(62)53-36(40(48)58)19-11-12-20-46/h3-10,13-18,24-27,34,36-38,50H,11-12,19-23,46-47H2,1-2H3,(H2,48,58)(H,49,51)(H,52,61)(H,53,62)(H,54,60)(H,55,59)/t27-,34-,36-,37+,38?/m0/s1. The number of aromatic nitrogens is 5. The molecule has 0 saturated carbocycles. The summed E-state index contributed by atoms with van der Waals surface area (Å²) in [6.07, 6.45) is 6.44. The van der Waals surface area contributed by atoms with Gasteiger partial charge in [0.1, 0.15) is 24.2 Å². The zero-order valence-electron chi connectivity index (χ0n) is 35.2. The summed E-state index contributed by atoms with van der Waals surface area (Å²) < 4.78 is 2.33. The number of benzene rings is 3. The fourth-order valence-corrected chi connectivity index (χ4v) is 7.53. The number of hydrogen-bond donors (Lipinski definition) is 9. The van der Waals surface area contributed by atoms with Gasteiger partial charge >= 0.3 is 5.69 Å². The number of carbonyl (C=O) groups is 5. The Labute approximate surface area is 363 Å². The van der Waals surface area contributed by atoms with E-state index in [-0.39, 0.29) is 31.4 Å². The number of para-hydroxylation sites is 1. The second-order valence-corrected chi connectivity index (χ2v) is 15.5. The highest BCUT2D eigenvalue weighted by Crippen LogP contribution is 2.26. The predicted molar refractivity (Wildman–Crippen MR) is 238 cm³/mol.